The molecule has 1 heterocycles. The number of carbonyl (C=O) groups excluding carboxylic acids is 1. The van der Waals surface area contributed by atoms with Gasteiger partial charge in [0.1, 0.15) is 4.88 Å². The van der Waals surface area contributed by atoms with Gasteiger partial charge in [-0.2, -0.15) is 0 Å². The summed E-state index contributed by atoms with van der Waals surface area (Å²) in [6.07, 6.45) is 0. The van der Waals surface area contributed by atoms with E-state index < -0.39 is 0 Å². The van der Waals surface area contributed by atoms with E-state index in [2.05, 4.69) is 30.8 Å². The third-order valence-electron chi connectivity index (χ3n) is 3.07. The number of hydrogen-bond acceptors (Lipinski definition) is 4. The highest BCUT2D eigenvalue weighted by atomic mass is 79.9. The first-order chi connectivity index (χ1) is 9.93. The molecule has 1 N–H and O–H groups in total. The molecular formula is C15H18BrN3OS. The van der Waals surface area contributed by atoms with Crippen molar-refractivity contribution >= 4 is 33.4 Å². The van der Waals surface area contributed by atoms with Crippen molar-refractivity contribution in [3.63, 3.8) is 0 Å². The molecule has 6 heteroatoms. The highest BCUT2D eigenvalue weighted by Crippen LogP contribution is 2.26. The fourth-order valence-corrected chi connectivity index (χ4v) is 3.27. The number of nitrogens with one attached hydrogen (secondary N) is 1. The van der Waals surface area contributed by atoms with Gasteiger partial charge in [0.05, 0.1) is 11.7 Å². The molecule has 0 radical (unpaired) electrons. The van der Waals surface area contributed by atoms with Gasteiger partial charge in [0.25, 0.3) is 5.91 Å². The van der Waals surface area contributed by atoms with Crippen molar-refractivity contribution in [3.8, 4) is 0 Å². The first-order valence-corrected chi connectivity index (χ1v) is 8.57. The van der Waals surface area contributed by atoms with Gasteiger partial charge in [0, 0.05) is 10.7 Å². The molecule has 0 aliphatic rings. The predicted molar refractivity (Wildman–Crippen MR) is 89.1 cm³/mol. The third kappa shape index (κ3) is 3.89. The number of halogens is 1. The van der Waals surface area contributed by atoms with Gasteiger partial charge < -0.3 is 5.32 Å². The van der Waals surface area contributed by atoms with Crippen molar-refractivity contribution in [2.45, 2.75) is 32.2 Å². The fourth-order valence-electron chi connectivity index (χ4n) is 1.95. The Morgan fingerprint density at radius 3 is 2.57 bits per heavy atom. The molecule has 1 aromatic heterocycles. The zero-order chi connectivity index (χ0) is 15.5. The van der Waals surface area contributed by atoms with Crippen LogP contribution in [0.1, 0.15) is 47.7 Å². The van der Waals surface area contributed by atoms with Crippen molar-refractivity contribution in [1.29, 1.82) is 0 Å². The third-order valence-corrected chi connectivity index (χ3v) is 4.44. The van der Waals surface area contributed by atoms with Gasteiger partial charge in [-0.3, -0.25) is 4.79 Å². The summed E-state index contributed by atoms with van der Waals surface area (Å²) in [4.78, 5) is 13.1. The van der Waals surface area contributed by atoms with Crippen LogP contribution in [0.3, 0.4) is 0 Å². The number of aromatic nitrogens is 2. The Balaban J connectivity index is 2.20. The van der Waals surface area contributed by atoms with Gasteiger partial charge in [-0.25, -0.2) is 0 Å². The molecule has 1 unspecified atom stereocenters. The van der Waals surface area contributed by atoms with E-state index in [1.807, 2.05) is 51.1 Å². The van der Waals surface area contributed by atoms with Gasteiger partial charge in [0.15, 0.2) is 0 Å². The number of benzene rings is 1. The van der Waals surface area contributed by atoms with Crippen LogP contribution in [-0.4, -0.2) is 20.8 Å². The average Bonchev–Trinajstić information content (AvgIpc) is 2.95. The standard InChI is InChI=1S/C15H18BrN3OS/c1-15(2,3)13-12(21-19-18-13)14(20)17-11(9-16)10-7-5-4-6-8-10/h4-8,11H,9H2,1-3H3,(H,17,20). The minimum atomic E-state index is -0.198. The Hall–Kier alpha value is -1.27. The van der Waals surface area contributed by atoms with Crippen molar-refractivity contribution in [3.05, 3.63) is 46.5 Å². The number of rotatable bonds is 4. The minimum Gasteiger partial charge on any atom is -0.344 e. The van der Waals surface area contributed by atoms with E-state index in [4.69, 9.17) is 0 Å². The Morgan fingerprint density at radius 2 is 2.00 bits per heavy atom. The molecule has 0 bridgehead atoms. The normalized spacial score (nSPS) is 13.0. The summed E-state index contributed by atoms with van der Waals surface area (Å²) in [5.41, 5.74) is 1.61. The van der Waals surface area contributed by atoms with E-state index in [0.717, 1.165) is 22.8 Å². The van der Waals surface area contributed by atoms with Crippen molar-refractivity contribution in [2.75, 3.05) is 5.33 Å². The van der Waals surface area contributed by atoms with Crippen molar-refractivity contribution < 1.29 is 4.79 Å². The van der Waals surface area contributed by atoms with E-state index in [1.165, 1.54) is 0 Å². The number of carbonyl (C=O) groups is 1. The number of nitrogens with zero attached hydrogens (tertiary/aromatic N) is 2. The lowest BCUT2D eigenvalue weighted by molar-refractivity contribution is 0.0942. The van der Waals surface area contributed by atoms with Crippen LogP contribution in [0, 0.1) is 0 Å². The van der Waals surface area contributed by atoms with Crippen LogP contribution in [0.5, 0.6) is 0 Å². The summed E-state index contributed by atoms with van der Waals surface area (Å²) in [5, 5.41) is 7.81. The van der Waals surface area contributed by atoms with Gasteiger partial charge in [0.2, 0.25) is 0 Å². The Labute approximate surface area is 137 Å². The molecule has 0 fully saturated rings. The molecule has 112 valence electrons. The predicted octanol–water partition coefficient (Wildman–Crippen LogP) is 3.70. The van der Waals surface area contributed by atoms with Crippen LogP contribution in [0.25, 0.3) is 0 Å². The monoisotopic (exact) mass is 367 g/mol. The van der Waals surface area contributed by atoms with E-state index in [1.54, 1.807) is 0 Å². The lowest BCUT2D eigenvalue weighted by Gasteiger charge is -2.19. The summed E-state index contributed by atoms with van der Waals surface area (Å²) < 4.78 is 3.93. The molecule has 1 atom stereocenters. The zero-order valence-corrected chi connectivity index (χ0v) is 14.7. The largest absolute Gasteiger partial charge is 0.344 e. The van der Waals surface area contributed by atoms with E-state index in [-0.39, 0.29) is 17.4 Å². The van der Waals surface area contributed by atoms with Gasteiger partial charge in [-0.1, -0.05) is 71.5 Å². The molecule has 0 spiro atoms. The lowest BCUT2D eigenvalue weighted by atomic mass is 9.91. The number of hydrogen-bond donors (Lipinski definition) is 1. The number of amides is 1. The first kappa shape index (κ1) is 16.1. The minimum absolute atomic E-state index is 0.0754. The van der Waals surface area contributed by atoms with Gasteiger partial charge in [-0.15, -0.1) is 5.10 Å². The summed E-state index contributed by atoms with van der Waals surface area (Å²) in [6.45, 7) is 6.08. The molecule has 4 nitrogen and oxygen atoms in total. The second-order valence-corrected chi connectivity index (χ2v) is 7.19. The summed E-state index contributed by atoms with van der Waals surface area (Å²) in [5.74, 6) is -0.122. The van der Waals surface area contributed by atoms with Crippen LogP contribution in [0.15, 0.2) is 30.3 Å². The summed E-state index contributed by atoms with van der Waals surface area (Å²) in [7, 11) is 0. The summed E-state index contributed by atoms with van der Waals surface area (Å²) >= 11 is 4.60. The quantitative estimate of drug-likeness (QED) is 0.838. The van der Waals surface area contributed by atoms with Crippen LogP contribution >= 0.6 is 27.5 Å². The highest BCUT2D eigenvalue weighted by Gasteiger charge is 2.27. The Morgan fingerprint density at radius 1 is 1.33 bits per heavy atom. The van der Waals surface area contributed by atoms with Crippen molar-refractivity contribution in [2.24, 2.45) is 0 Å². The fraction of sp³-hybridized carbons (Fsp3) is 0.400. The van der Waals surface area contributed by atoms with Gasteiger partial charge >= 0.3 is 0 Å². The van der Waals surface area contributed by atoms with Crippen molar-refractivity contribution in [1.82, 2.24) is 14.9 Å². The topological polar surface area (TPSA) is 54.9 Å². The first-order valence-electron chi connectivity index (χ1n) is 6.68. The van der Waals surface area contributed by atoms with E-state index in [0.29, 0.717) is 10.2 Å². The molecule has 2 rings (SSSR count). The van der Waals surface area contributed by atoms with Crippen LogP contribution in [-0.2, 0) is 5.41 Å². The summed E-state index contributed by atoms with van der Waals surface area (Å²) in [6, 6.07) is 9.82. The van der Waals surface area contributed by atoms with E-state index >= 15 is 0 Å². The molecule has 1 amide bonds. The highest BCUT2D eigenvalue weighted by molar-refractivity contribution is 9.09. The molecule has 0 saturated carbocycles. The molecule has 21 heavy (non-hydrogen) atoms. The Kier molecular flexibility index (Phi) is 5.11. The molecule has 2 aromatic rings. The molecular weight excluding hydrogens is 350 g/mol. The average molecular weight is 368 g/mol. The van der Waals surface area contributed by atoms with Crippen LogP contribution in [0.2, 0.25) is 0 Å². The lowest BCUT2D eigenvalue weighted by Crippen LogP contribution is -2.30. The molecule has 0 saturated heterocycles. The smallest absolute Gasteiger partial charge is 0.265 e. The second-order valence-electron chi connectivity index (χ2n) is 5.79. The maximum atomic E-state index is 12.5. The second kappa shape index (κ2) is 6.66. The SMILES string of the molecule is CC(C)(C)c1nnsc1C(=O)NC(CBr)c1ccccc1. The molecule has 0 aliphatic heterocycles. The maximum absolute atomic E-state index is 12.5. The van der Waals surface area contributed by atoms with Gasteiger partial charge in [-0.05, 0) is 17.1 Å². The zero-order valence-electron chi connectivity index (χ0n) is 12.3. The van der Waals surface area contributed by atoms with Crippen LogP contribution < -0.4 is 5.32 Å². The van der Waals surface area contributed by atoms with Crippen LogP contribution in [0.4, 0.5) is 0 Å². The Bertz CT molecular complexity index is 607. The van der Waals surface area contributed by atoms with E-state index in [9.17, 15) is 4.79 Å². The number of alkyl halides is 1. The molecule has 0 aliphatic carbocycles. The molecule has 1 aromatic carbocycles. The maximum Gasteiger partial charge on any atom is 0.265 e.